The van der Waals surface area contributed by atoms with Gasteiger partial charge >= 0.3 is 0 Å². The van der Waals surface area contributed by atoms with E-state index in [2.05, 4.69) is 47.6 Å². The van der Waals surface area contributed by atoms with Crippen LogP contribution in [0.1, 0.15) is 30.4 Å². The molecule has 0 radical (unpaired) electrons. The Kier molecular flexibility index (Phi) is 6.82. The summed E-state index contributed by atoms with van der Waals surface area (Å²) in [6.45, 7) is 1.99. The molecular weight excluding hydrogens is 430 g/mol. The molecule has 3 aliphatic carbocycles. The molecule has 1 saturated carbocycles. The zero-order chi connectivity index (χ0) is 24.2. The van der Waals surface area contributed by atoms with Crippen molar-refractivity contribution in [3.8, 4) is 11.1 Å². The molecule has 1 fully saturated rings. The van der Waals surface area contributed by atoms with Gasteiger partial charge in [-0.1, -0.05) is 72.3 Å². The van der Waals surface area contributed by atoms with Crippen molar-refractivity contribution < 1.29 is 4.79 Å². The lowest BCUT2D eigenvalue weighted by Crippen LogP contribution is -2.34. The van der Waals surface area contributed by atoms with Gasteiger partial charge in [-0.25, -0.2) is 0 Å². The third-order valence-corrected chi connectivity index (χ3v) is 7.20. The Balaban J connectivity index is 1.16. The number of rotatable bonds is 8. The molecule has 0 spiro atoms. The van der Waals surface area contributed by atoms with Gasteiger partial charge in [0.1, 0.15) is 0 Å². The van der Waals surface area contributed by atoms with Crippen molar-refractivity contribution in [1.82, 2.24) is 4.90 Å². The standard InChI is InChI=1S/C31H33N3O/c1-34(21-27-13-11-24-17-28(27)18-24)20-23-9-7-22(8-10-23)12-16-31(35)33-30-19-26(14-15-29(30)32)25-5-3-2-4-6-25/h2-10,12-16,19,24,28H,11,17-18,20-21,32H2,1H3,(H,33,35)/b16-12+. The lowest BCUT2D eigenvalue weighted by atomic mass is 9.65. The summed E-state index contributed by atoms with van der Waals surface area (Å²) in [6, 6.07) is 24.1. The number of hydrogen-bond donors (Lipinski definition) is 2. The van der Waals surface area contributed by atoms with Crippen LogP contribution < -0.4 is 11.1 Å². The monoisotopic (exact) mass is 463 g/mol. The molecule has 0 saturated heterocycles. The molecule has 6 rings (SSSR count). The van der Waals surface area contributed by atoms with Crippen molar-refractivity contribution >= 4 is 23.4 Å². The number of carbonyl (C=O) groups is 1. The number of nitrogens with zero attached hydrogens (tertiary/aromatic N) is 1. The van der Waals surface area contributed by atoms with Gasteiger partial charge < -0.3 is 11.1 Å². The molecule has 4 nitrogen and oxygen atoms in total. The molecule has 4 heteroatoms. The minimum atomic E-state index is -0.204. The Morgan fingerprint density at radius 3 is 2.49 bits per heavy atom. The van der Waals surface area contributed by atoms with Crippen LogP contribution in [0.5, 0.6) is 0 Å². The van der Waals surface area contributed by atoms with E-state index in [1.807, 2.05) is 54.6 Å². The van der Waals surface area contributed by atoms with Crippen LogP contribution in [-0.4, -0.2) is 24.4 Å². The van der Waals surface area contributed by atoms with Crippen molar-refractivity contribution in [2.45, 2.75) is 25.8 Å². The number of nitrogen functional groups attached to an aromatic ring is 1. The SMILES string of the molecule is CN(CC1=CCC2CC1C2)Cc1ccc(/C=C/C(=O)Nc2cc(-c3ccccc3)ccc2N)cc1. The minimum absolute atomic E-state index is 0.204. The summed E-state index contributed by atoms with van der Waals surface area (Å²) in [4.78, 5) is 15.0. The number of amides is 1. The fraction of sp³-hybridized carbons (Fsp3) is 0.258. The molecule has 178 valence electrons. The number of allylic oxidation sites excluding steroid dienone is 1. The molecule has 0 atom stereocenters. The molecule has 3 N–H and O–H groups in total. The molecule has 0 aromatic heterocycles. The molecule has 35 heavy (non-hydrogen) atoms. The van der Waals surface area contributed by atoms with Crippen molar-refractivity contribution in [2.24, 2.45) is 11.8 Å². The molecule has 0 heterocycles. The van der Waals surface area contributed by atoms with Gasteiger partial charge in [0.25, 0.3) is 0 Å². The molecule has 3 aromatic rings. The second kappa shape index (κ2) is 10.3. The van der Waals surface area contributed by atoms with E-state index in [1.165, 1.54) is 24.8 Å². The minimum Gasteiger partial charge on any atom is -0.397 e. The Hall–Kier alpha value is -3.63. The zero-order valence-electron chi connectivity index (χ0n) is 20.3. The van der Waals surface area contributed by atoms with E-state index in [4.69, 9.17) is 5.73 Å². The van der Waals surface area contributed by atoms with Crippen molar-refractivity contribution in [3.63, 3.8) is 0 Å². The van der Waals surface area contributed by atoms with Crippen molar-refractivity contribution in [1.29, 1.82) is 0 Å². The van der Waals surface area contributed by atoms with Gasteiger partial charge in [-0.3, -0.25) is 9.69 Å². The second-order valence-corrected chi connectivity index (χ2v) is 9.95. The number of fused-ring (bicyclic) bond motifs is 1. The van der Waals surface area contributed by atoms with Crippen LogP contribution in [0.3, 0.4) is 0 Å². The first-order valence-corrected chi connectivity index (χ1v) is 12.4. The van der Waals surface area contributed by atoms with Gasteiger partial charge in [0.05, 0.1) is 11.4 Å². The first kappa shape index (κ1) is 23.1. The van der Waals surface area contributed by atoms with Crippen molar-refractivity contribution in [2.75, 3.05) is 24.6 Å². The summed E-state index contributed by atoms with van der Waals surface area (Å²) < 4.78 is 0. The molecule has 3 aromatic carbocycles. The summed E-state index contributed by atoms with van der Waals surface area (Å²) in [5.41, 5.74) is 13.3. The Morgan fingerprint density at radius 2 is 1.77 bits per heavy atom. The van der Waals surface area contributed by atoms with Gasteiger partial charge in [0.2, 0.25) is 5.91 Å². The van der Waals surface area contributed by atoms with Gasteiger partial charge in [-0.05, 0) is 78.6 Å². The second-order valence-electron chi connectivity index (χ2n) is 9.95. The average molecular weight is 464 g/mol. The van der Waals surface area contributed by atoms with E-state index in [0.717, 1.165) is 41.6 Å². The maximum absolute atomic E-state index is 12.6. The van der Waals surface area contributed by atoms with E-state index in [1.54, 1.807) is 11.6 Å². The smallest absolute Gasteiger partial charge is 0.248 e. The van der Waals surface area contributed by atoms with Gasteiger partial charge in [-0.2, -0.15) is 0 Å². The van der Waals surface area contributed by atoms with E-state index >= 15 is 0 Å². The van der Waals surface area contributed by atoms with Crippen LogP contribution in [0.15, 0.2) is 90.5 Å². The number of carbonyl (C=O) groups excluding carboxylic acids is 1. The molecule has 0 aliphatic heterocycles. The summed E-state index contributed by atoms with van der Waals surface area (Å²) in [7, 11) is 2.20. The number of nitrogens with two attached hydrogens (primary N) is 1. The highest BCUT2D eigenvalue weighted by molar-refractivity contribution is 6.04. The topological polar surface area (TPSA) is 58.4 Å². The van der Waals surface area contributed by atoms with Crippen LogP contribution in [0.4, 0.5) is 11.4 Å². The van der Waals surface area contributed by atoms with Crippen LogP contribution in [0.2, 0.25) is 0 Å². The summed E-state index contributed by atoms with van der Waals surface area (Å²) in [5.74, 6) is 1.60. The third kappa shape index (κ3) is 5.72. The molecule has 0 unspecified atom stereocenters. The number of benzene rings is 3. The Morgan fingerprint density at radius 1 is 1.00 bits per heavy atom. The molecule has 2 bridgehead atoms. The van der Waals surface area contributed by atoms with Gasteiger partial charge in [0.15, 0.2) is 0 Å². The van der Waals surface area contributed by atoms with Gasteiger partial charge in [-0.15, -0.1) is 0 Å². The average Bonchev–Trinajstić information content (AvgIpc) is 2.85. The quantitative estimate of drug-likeness (QED) is 0.232. The first-order valence-electron chi connectivity index (χ1n) is 12.4. The number of nitrogens with one attached hydrogen (secondary N) is 1. The number of hydrogen-bond acceptors (Lipinski definition) is 3. The Bertz CT molecular complexity index is 1240. The van der Waals surface area contributed by atoms with E-state index in [-0.39, 0.29) is 5.91 Å². The van der Waals surface area contributed by atoms with Crippen LogP contribution in [0, 0.1) is 11.8 Å². The maximum Gasteiger partial charge on any atom is 0.248 e. The molecule has 3 aliphatic rings. The lowest BCUT2D eigenvalue weighted by Gasteiger charge is -2.42. The van der Waals surface area contributed by atoms with Crippen LogP contribution >= 0.6 is 0 Å². The largest absolute Gasteiger partial charge is 0.397 e. The zero-order valence-corrected chi connectivity index (χ0v) is 20.3. The lowest BCUT2D eigenvalue weighted by molar-refractivity contribution is -0.111. The Labute approximate surface area is 208 Å². The summed E-state index contributed by atoms with van der Waals surface area (Å²) in [6.07, 6.45) is 9.94. The first-order chi connectivity index (χ1) is 17.0. The fourth-order valence-corrected chi connectivity index (χ4v) is 5.14. The predicted octanol–water partition coefficient (Wildman–Crippen LogP) is 6.38. The normalized spacial score (nSPS) is 18.9. The molecular formula is C31H33N3O. The molecule has 1 amide bonds. The van der Waals surface area contributed by atoms with E-state index in [0.29, 0.717) is 11.4 Å². The number of likely N-dealkylation sites (N-methyl/N-ethyl adjacent to an activating group) is 1. The van der Waals surface area contributed by atoms with Crippen molar-refractivity contribution in [3.05, 3.63) is 102 Å². The maximum atomic E-state index is 12.6. The predicted molar refractivity (Wildman–Crippen MR) is 146 cm³/mol. The van der Waals surface area contributed by atoms with Gasteiger partial charge in [0, 0.05) is 19.2 Å². The van der Waals surface area contributed by atoms with Crippen LogP contribution in [-0.2, 0) is 11.3 Å². The summed E-state index contributed by atoms with van der Waals surface area (Å²) in [5, 5.41) is 2.91. The summed E-state index contributed by atoms with van der Waals surface area (Å²) >= 11 is 0. The highest BCUT2D eigenvalue weighted by Crippen LogP contribution is 2.45. The number of anilines is 2. The third-order valence-electron chi connectivity index (χ3n) is 7.20. The van der Waals surface area contributed by atoms with Crippen LogP contribution in [0.25, 0.3) is 17.2 Å². The van der Waals surface area contributed by atoms with E-state index in [9.17, 15) is 4.79 Å². The fourth-order valence-electron chi connectivity index (χ4n) is 5.14. The highest BCUT2D eigenvalue weighted by Gasteiger charge is 2.34. The highest BCUT2D eigenvalue weighted by atomic mass is 16.1. The van der Waals surface area contributed by atoms with E-state index < -0.39 is 0 Å².